The summed E-state index contributed by atoms with van der Waals surface area (Å²) in [6, 6.07) is 14.8. The monoisotopic (exact) mass is 381 g/mol. The zero-order chi connectivity index (χ0) is 20.1. The highest BCUT2D eigenvalue weighted by Crippen LogP contribution is 2.27. The van der Waals surface area contributed by atoms with Gasteiger partial charge in [-0.3, -0.25) is 4.79 Å². The molecule has 3 rings (SSSR count). The lowest BCUT2D eigenvalue weighted by Crippen LogP contribution is -2.22. The molecule has 2 aromatic carbocycles. The number of amides is 1. The zero-order valence-corrected chi connectivity index (χ0v) is 16.2. The van der Waals surface area contributed by atoms with Gasteiger partial charge in [0.1, 0.15) is 5.58 Å². The van der Waals surface area contributed by atoms with Crippen LogP contribution in [0.2, 0.25) is 0 Å². The first-order chi connectivity index (χ1) is 13.5. The zero-order valence-electron chi connectivity index (χ0n) is 16.2. The molecule has 146 valence electrons. The summed E-state index contributed by atoms with van der Waals surface area (Å²) >= 11 is 0. The topological polar surface area (TPSA) is 77.8 Å². The smallest absolute Gasteiger partial charge is 0.375 e. The number of ether oxygens (including phenoxy) is 2. The molecule has 0 bridgehead atoms. The lowest BCUT2D eigenvalue weighted by atomic mass is 10.0. The standard InChI is InChI=1S/C22H23NO5/c1-14(2)15-8-4-6-10-18(15)23-20(24)13-27-22(25)21-17(12-26-3)16-9-5-7-11-19(16)28-21/h4-11,14H,12-13H2,1-3H3,(H,23,24). The van der Waals surface area contributed by atoms with Crippen molar-refractivity contribution >= 4 is 28.5 Å². The maximum Gasteiger partial charge on any atom is 0.375 e. The number of para-hydroxylation sites is 2. The summed E-state index contributed by atoms with van der Waals surface area (Å²) in [4.78, 5) is 24.8. The number of benzene rings is 2. The van der Waals surface area contributed by atoms with E-state index in [-0.39, 0.29) is 18.3 Å². The first-order valence-corrected chi connectivity index (χ1v) is 9.06. The molecule has 0 aliphatic heterocycles. The van der Waals surface area contributed by atoms with Crippen molar-refractivity contribution in [2.75, 3.05) is 19.0 Å². The maximum absolute atomic E-state index is 12.5. The van der Waals surface area contributed by atoms with Crippen LogP contribution in [0.5, 0.6) is 0 Å². The highest BCUT2D eigenvalue weighted by Gasteiger charge is 2.22. The minimum Gasteiger partial charge on any atom is -0.450 e. The van der Waals surface area contributed by atoms with Crippen LogP contribution >= 0.6 is 0 Å². The van der Waals surface area contributed by atoms with Crippen molar-refractivity contribution in [1.82, 2.24) is 0 Å². The number of carbonyl (C=O) groups is 2. The molecule has 0 unspecified atom stereocenters. The van der Waals surface area contributed by atoms with Crippen LogP contribution in [-0.2, 0) is 20.9 Å². The largest absolute Gasteiger partial charge is 0.450 e. The normalized spacial score (nSPS) is 11.0. The van der Waals surface area contributed by atoms with E-state index in [9.17, 15) is 9.59 Å². The van der Waals surface area contributed by atoms with Gasteiger partial charge in [0.25, 0.3) is 5.91 Å². The van der Waals surface area contributed by atoms with E-state index in [1.807, 2.05) is 56.3 Å². The molecule has 0 spiro atoms. The molecule has 6 heteroatoms. The summed E-state index contributed by atoms with van der Waals surface area (Å²) in [5, 5.41) is 3.58. The fraction of sp³-hybridized carbons (Fsp3) is 0.273. The van der Waals surface area contributed by atoms with E-state index in [4.69, 9.17) is 13.9 Å². The van der Waals surface area contributed by atoms with E-state index in [0.29, 0.717) is 16.8 Å². The van der Waals surface area contributed by atoms with E-state index in [2.05, 4.69) is 5.32 Å². The number of furan rings is 1. The quantitative estimate of drug-likeness (QED) is 0.610. The maximum atomic E-state index is 12.5. The fourth-order valence-corrected chi connectivity index (χ4v) is 3.05. The Morgan fingerprint density at radius 2 is 1.79 bits per heavy atom. The highest BCUT2D eigenvalue weighted by atomic mass is 16.5. The molecule has 1 amide bonds. The van der Waals surface area contributed by atoms with Crippen molar-refractivity contribution in [3.63, 3.8) is 0 Å². The predicted molar refractivity (Wildman–Crippen MR) is 106 cm³/mol. The molecule has 1 heterocycles. The van der Waals surface area contributed by atoms with E-state index in [1.54, 1.807) is 6.07 Å². The van der Waals surface area contributed by atoms with Gasteiger partial charge in [-0.1, -0.05) is 50.2 Å². The van der Waals surface area contributed by atoms with Crippen molar-refractivity contribution in [3.8, 4) is 0 Å². The molecule has 28 heavy (non-hydrogen) atoms. The van der Waals surface area contributed by atoms with Crippen LogP contribution in [0.25, 0.3) is 11.0 Å². The first kappa shape index (κ1) is 19.6. The fourth-order valence-electron chi connectivity index (χ4n) is 3.05. The van der Waals surface area contributed by atoms with E-state index in [1.165, 1.54) is 7.11 Å². The van der Waals surface area contributed by atoms with E-state index in [0.717, 1.165) is 10.9 Å². The summed E-state index contributed by atoms with van der Waals surface area (Å²) in [5.41, 5.74) is 2.90. The number of fused-ring (bicyclic) bond motifs is 1. The van der Waals surface area contributed by atoms with Gasteiger partial charge in [0.05, 0.1) is 6.61 Å². The number of rotatable bonds is 7. The summed E-state index contributed by atoms with van der Waals surface area (Å²) in [7, 11) is 1.54. The van der Waals surface area contributed by atoms with Crippen molar-refractivity contribution in [3.05, 3.63) is 65.4 Å². The molecule has 1 aromatic heterocycles. The predicted octanol–water partition coefficient (Wildman–Crippen LogP) is 4.50. The van der Waals surface area contributed by atoms with Crippen LogP contribution < -0.4 is 5.32 Å². The van der Waals surface area contributed by atoms with Gasteiger partial charge < -0.3 is 19.2 Å². The number of hydrogen-bond acceptors (Lipinski definition) is 5. The van der Waals surface area contributed by atoms with Crippen molar-refractivity contribution in [2.45, 2.75) is 26.4 Å². The molecule has 3 aromatic rings. The average molecular weight is 381 g/mol. The van der Waals surface area contributed by atoms with Crippen LogP contribution in [0.1, 0.15) is 41.4 Å². The number of anilines is 1. The molecule has 6 nitrogen and oxygen atoms in total. The molecular formula is C22H23NO5. The highest BCUT2D eigenvalue weighted by molar-refractivity contribution is 5.98. The van der Waals surface area contributed by atoms with Gasteiger partial charge >= 0.3 is 5.97 Å². The Hall–Kier alpha value is -3.12. The Bertz CT molecular complexity index is 990. The van der Waals surface area contributed by atoms with Crippen LogP contribution in [0.3, 0.4) is 0 Å². The van der Waals surface area contributed by atoms with Crippen molar-refractivity contribution in [2.24, 2.45) is 0 Å². The Labute approximate surface area is 163 Å². The van der Waals surface area contributed by atoms with Crippen LogP contribution in [-0.4, -0.2) is 25.6 Å². The van der Waals surface area contributed by atoms with Crippen molar-refractivity contribution in [1.29, 1.82) is 0 Å². The van der Waals surface area contributed by atoms with Gasteiger partial charge in [0, 0.05) is 23.7 Å². The van der Waals surface area contributed by atoms with Crippen LogP contribution in [0, 0.1) is 0 Å². The number of nitrogens with one attached hydrogen (secondary N) is 1. The minimum absolute atomic E-state index is 0.0541. The molecule has 0 aliphatic carbocycles. The summed E-state index contributed by atoms with van der Waals surface area (Å²) < 4.78 is 16.0. The average Bonchev–Trinajstić information content (AvgIpc) is 3.05. The summed E-state index contributed by atoms with van der Waals surface area (Å²) in [5.74, 6) is -0.800. The number of methoxy groups -OCH3 is 1. The first-order valence-electron chi connectivity index (χ1n) is 9.06. The lowest BCUT2D eigenvalue weighted by Gasteiger charge is -2.13. The third-order valence-corrected chi connectivity index (χ3v) is 4.36. The molecule has 1 N–H and O–H groups in total. The second-order valence-electron chi connectivity index (χ2n) is 6.71. The molecule has 0 radical (unpaired) electrons. The van der Waals surface area contributed by atoms with Gasteiger partial charge in [0.15, 0.2) is 6.61 Å². The van der Waals surface area contributed by atoms with E-state index < -0.39 is 18.5 Å². The molecular weight excluding hydrogens is 358 g/mol. The van der Waals surface area contributed by atoms with Gasteiger partial charge in [-0.25, -0.2) is 4.79 Å². The number of carbonyl (C=O) groups excluding carboxylic acids is 2. The van der Waals surface area contributed by atoms with Crippen LogP contribution in [0.15, 0.2) is 52.9 Å². The Morgan fingerprint density at radius 1 is 1.07 bits per heavy atom. The third kappa shape index (κ3) is 4.23. The van der Waals surface area contributed by atoms with Gasteiger partial charge in [-0.15, -0.1) is 0 Å². The lowest BCUT2D eigenvalue weighted by molar-refractivity contribution is -0.119. The second kappa shape index (κ2) is 8.71. The summed E-state index contributed by atoms with van der Waals surface area (Å²) in [6.45, 7) is 3.89. The van der Waals surface area contributed by atoms with Gasteiger partial charge in [0.2, 0.25) is 5.76 Å². The van der Waals surface area contributed by atoms with Gasteiger partial charge in [-0.2, -0.15) is 0 Å². The third-order valence-electron chi connectivity index (χ3n) is 4.36. The minimum atomic E-state index is -0.699. The molecule has 0 atom stereocenters. The Morgan fingerprint density at radius 3 is 2.54 bits per heavy atom. The Balaban J connectivity index is 1.70. The molecule has 0 saturated heterocycles. The number of hydrogen-bond donors (Lipinski definition) is 1. The summed E-state index contributed by atoms with van der Waals surface area (Å²) in [6.07, 6.45) is 0. The molecule has 0 aliphatic rings. The second-order valence-corrected chi connectivity index (χ2v) is 6.71. The van der Waals surface area contributed by atoms with Crippen LogP contribution in [0.4, 0.5) is 5.69 Å². The molecule has 0 fully saturated rings. The number of esters is 1. The molecule has 0 saturated carbocycles. The Kier molecular flexibility index (Phi) is 6.11. The SMILES string of the molecule is COCc1c(C(=O)OCC(=O)Nc2ccccc2C(C)C)oc2ccccc12. The van der Waals surface area contributed by atoms with E-state index >= 15 is 0 Å². The van der Waals surface area contributed by atoms with Crippen molar-refractivity contribution < 1.29 is 23.5 Å². The van der Waals surface area contributed by atoms with Gasteiger partial charge in [-0.05, 0) is 23.6 Å².